The highest BCUT2D eigenvalue weighted by Gasteiger charge is 2.33. The number of benzene rings is 11. The Morgan fingerprint density at radius 1 is 0.311 bits per heavy atom. The highest BCUT2D eigenvalue weighted by molar-refractivity contribution is 6.24. The van der Waals surface area contributed by atoms with Crippen LogP contribution in [-0.2, 0) is 0 Å². The van der Waals surface area contributed by atoms with Crippen molar-refractivity contribution in [2.75, 3.05) is 0 Å². The Kier molecular flexibility index (Phi) is 7.50. The highest BCUT2D eigenvalue weighted by atomic mass is 16.5. The van der Waals surface area contributed by atoms with E-state index in [0.29, 0.717) is 0 Å². The molecule has 1 heterocycles. The first-order chi connectivity index (χ1) is 30.2. The molecule has 2 atom stereocenters. The topological polar surface area (TPSA) is 9.23 Å². The second-order valence-electron chi connectivity index (χ2n) is 16.6. The van der Waals surface area contributed by atoms with Gasteiger partial charge in [-0.2, -0.15) is 0 Å². The minimum Gasteiger partial charge on any atom is -0.485 e. The van der Waals surface area contributed by atoms with Crippen LogP contribution in [0.4, 0.5) is 0 Å². The number of hydrogen-bond acceptors (Lipinski definition) is 1. The SMILES string of the molecule is C1=c2ccccc2=CC2c3cc(-c4ccc(-c5ccc(-c6c7ccccc7c(-c7ccc8ccccc8c7)c7ccccc67)c6ccccc56)c5ccccc45)ccc3OC12. The van der Waals surface area contributed by atoms with Gasteiger partial charge in [-0.15, -0.1) is 0 Å². The first kappa shape index (κ1) is 34.2. The molecular weight excluding hydrogens is 737 g/mol. The van der Waals surface area contributed by atoms with E-state index in [1.807, 2.05) is 0 Å². The fourth-order valence-electron chi connectivity index (χ4n) is 10.6. The molecule has 0 bridgehead atoms. The molecule has 0 aromatic heterocycles. The summed E-state index contributed by atoms with van der Waals surface area (Å²) < 4.78 is 6.51. The van der Waals surface area contributed by atoms with Crippen molar-refractivity contribution < 1.29 is 4.74 Å². The highest BCUT2D eigenvalue weighted by Crippen LogP contribution is 2.48. The first-order valence-electron chi connectivity index (χ1n) is 21.3. The molecule has 2 aliphatic rings. The van der Waals surface area contributed by atoms with Crippen molar-refractivity contribution in [2.24, 2.45) is 0 Å². The second-order valence-corrected chi connectivity index (χ2v) is 16.6. The molecule has 0 fully saturated rings. The number of fused-ring (bicyclic) bond motifs is 9. The average Bonchev–Trinajstić information content (AvgIpc) is 3.68. The lowest BCUT2D eigenvalue weighted by Crippen LogP contribution is -2.34. The lowest BCUT2D eigenvalue weighted by molar-refractivity contribution is 0.288. The molecule has 0 amide bonds. The van der Waals surface area contributed by atoms with Gasteiger partial charge in [0.1, 0.15) is 11.9 Å². The smallest absolute Gasteiger partial charge is 0.128 e. The van der Waals surface area contributed by atoms with Crippen molar-refractivity contribution in [1.82, 2.24) is 0 Å². The summed E-state index contributed by atoms with van der Waals surface area (Å²) in [4.78, 5) is 0. The van der Waals surface area contributed by atoms with Crippen LogP contribution in [0.15, 0.2) is 206 Å². The molecule has 11 aromatic carbocycles. The van der Waals surface area contributed by atoms with Gasteiger partial charge in [-0.1, -0.05) is 194 Å². The summed E-state index contributed by atoms with van der Waals surface area (Å²) >= 11 is 0. The number of rotatable bonds is 4. The molecule has 0 saturated carbocycles. The van der Waals surface area contributed by atoms with Crippen molar-refractivity contribution in [3.63, 3.8) is 0 Å². The van der Waals surface area contributed by atoms with Gasteiger partial charge in [-0.25, -0.2) is 0 Å². The molecule has 11 aromatic rings. The van der Waals surface area contributed by atoms with E-state index in [-0.39, 0.29) is 12.0 Å². The van der Waals surface area contributed by atoms with Gasteiger partial charge in [0.2, 0.25) is 0 Å². The molecule has 0 radical (unpaired) electrons. The van der Waals surface area contributed by atoms with E-state index < -0.39 is 0 Å². The quantitative estimate of drug-likeness (QED) is 0.162. The maximum absolute atomic E-state index is 6.51. The summed E-state index contributed by atoms with van der Waals surface area (Å²) in [5.74, 6) is 1.18. The predicted molar refractivity (Wildman–Crippen MR) is 257 cm³/mol. The van der Waals surface area contributed by atoms with Crippen LogP contribution >= 0.6 is 0 Å². The van der Waals surface area contributed by atoms with Crippen LogP contribution in [0.5, 0.6) is 5.75 Å². The second kappa shape index (κ2) is 13.4. The largest absolute Gasteiger partial charge is 0.485 e. The lowest BCUT2D eigenvalue weighted by Gasteiger charge is -2.20. The van der Waals surface area contributed by atoms with Crippen molar-refractivity contribution >= 4 is 66.0 Å². The van der Waals surface area contributed by atoms with Crippen LogP contribution in [0, 0.1) is 0 Å². The van der Waals surface area contributed by atoms with Gasteiger partial charge in [0, 0.05) is 11.5 Å². The van der Waals surface area contributed by atoms with E-state index in [4.69, 9.17) is 4.74 Å². The standard InChI is InChI=1S/C60H38O/c1-2-14-38-33-42(26-25-37(38)13-1)59-50-21-9-11-23-52(50)60(53-24-12-10-22-51(53)59)54-31-30-49(46-19-7-8-20-47(46)54)48-29-28-43(44-17-5-6-18-45(44)48)41-27-32-57-55(35-41)56-34-39-15-3-4-16-40(39)36-58(56)61-57/h1-36,56,58H. The van der Waals surface area contributed by atoms with E-state index in [1.54, 1.807) is 0 Å². The molecule has 1 aliphatic heterocycles. The summed E-state index contributed by atoms with van der Waals surface area (Å²) in [6.45, 7) is 0. The Bertz CT molecular complexity index is 3700. The molecular formula is C60H38O. The Hall–Kier alpha value is -7.74. The van der Waals surface area contributed by atoms with Crippen LogP contribution in [0.2, 0.25) is 0 Å². The predicted octanol–water partition coefficient (Wildman–Crippen LogP) is 14.2. The maximum Gasteiger partial charge on any atom is 0.128 e. The fourth-order valence-corrected chi connectivity index (χ4v) is 10.6. The monoisotopic (exact) mass is 774 g/mol. The van der Waals surface area contributed by atoms with E-state index in [1.165, 1.54) is 114 Å². The van der Waals surface area contributed by atoms with E-state index >= 15 is 0 Å². The van der Waals surface area contributed by atoms with E-state index in [0.717, 1.165) is 5.75 Å². The Morgan fingerprint density at radius 3 is 1.44 bits per heavy atom. The molecule has 1 aliphatic carbocycles. The zero-order valence-electron chi connectivity index (χ0n) is 33.3. The van der Waals surface area contributed by atoms with Crippen molar-refractivity contribution in [2.45, 2.75) is 12.0 Å². The third-order valence-corrected chi connectivity index (χ3v) is 13.4. The van der Waals surface area contributed by atoms with Crippen LogP contribution in [0.1, 0.15) is 11.5 Å². The minimum absolute atomic E-state index is 0.0223. The Labute approximate surface area is 353 Å². The van der Waals surface area contributed by atoms with E-state index in [2.05, 4.69) is 218 Å². The molecule has 284 valence electrons. The van der Waals surface area contributed by atoms with Crippen LogP contribution < -0.4 is 15.2 Å². The van der Waals surface area contributed by atoms with E-state index in [9.17, 15) is 0 Å². The number of hydrogen-bond donors (Lipinski definition) is 0. The van der Waals surface area contributed by atoms with Crippen LogP contribution in [-0.4, -0.2) is 6.10 Å². The zero-order chi connectivity index (χ0) is 40.0. The van der Waals surface area contributed by atoms with Crippen molar-refractivity contribution in [3.8, 4) is 50.3 Å². The first-order valence-corrected chi connectivity index (χ1v) is 21.3. The molecule has 0 saturated heterocycles. The molecule has 1 heteroatoms. The van der Waals surface area contributed by atoms with Gasteiger partial charge >= 0.3 is 0 Å². The summed E-state index contributed by atoms with van der Waals surface area (Å²) in [5, 5.41) is 15.1. The minimum atomic E-state index is 0.0223. The molecule has 0 spiro atoms. The molecule has 61 heavy (non-hydrogen) atoms. The van der Waals surface area contributed by atoms with Crippen LogP contribution in [0.25, 0.3) is 111 Å². The average molecular weight is 775 g/mol. The fraction of sp³-hybridized carbons (Fsp3) is 0.0333. The van der Waals surface area contributed by atoms with Crippen LogP contribution in [0.3, 0.4) is 0 Å². The lowest BCUT2D eigenvalue weighted by atomic mass is 9.83. The Morgan fingerprint density at radius 2 is 0.787 bits per heavy atom. The van der Waals surface area contributed by atoms with Gasteiger partial charge in [-0.05, 0) is 133 Å². The molecule has 1 nitrogen and oxygen atoms in total. The van der Waals surface area contributed by atoms with Gasteiger partial charge in [0.15, 0.2) is 0 Å². The summed E-state index contributed by atoms with van der Waals surface area (Å²) in [6, 6.07) is 76.2. The van der Waals surface area contributed by atoms with Crippen molar-refractivity contribution in [3.05, 3.63) is 222 Å². The Balaban J connectivity index is 0.974. The normalized spacial score (nSPS) is 15.3. The third-order valence-electron chi connectivity index (χ3n) is 13.4. The third kappa shape index (κ3) is 5.27. The van der Waals surface area contributed by atoms with Gasteiger partial charge < -0.3 is 4.74 Å². The maximum atomic E-state index is 6.51. The summed E-state index contributed by atoms with van der Waals surface area (Å²) in [7, 11) is 0. The summed E-state index contributed by atoms with van der Waals surface area (Å²) in [5.41, 5.74) is 11.2. The van der Waals surface area contributed by atoms with Gasteiger partial charge in [-0.3, -0.25) is 0 Å². The summed E-state index contributed by atoms with van der Waals surface area (Å²) in [6.07, 6.45) is 4.69. The zero-order valence-corrected chi connectivity index (χ0v) is 33.3. The van der Waals surface area contributed by atoms with Gasteiger partial charge in [0.25, 0.3) is 0 Å². The molecule has 0 N–H and O–H groups in total. The van der Waals surface area contributed by atoms with Crippen molar-refractivity contribution in [1.29, 1.82) is 0 Å². The number of ether oxygens (including phenoxy) is 1. The molecule has 2 unspecified atom stereocenters. The molecule has 13 rings (SSSR count). The van der Waals surface area contributed by atoms with Gasteiger partial charge in [0.05, 0.1) is 0 Å².